The van der Waals surface area contributed by atoms with Crippen LogP contribution in [0.3, 0.4) is 0 Å². The number of carbonyl (C=O) groups is 1. The predicted molar refractivity (Wildman–Crippen MR) is 261 cm³/mol. The second kappa shape index (κ2) is 40.5. The van der Waals surface area contributed by atoms with Crippen LogP contribution in [0.25, 0.3) is 0 Å². The molecule has 0 saturated carbocycles. The molecule has 0 radical (unpaired) electrons. The maximum atomic E-state index is 13.4. The van der Waals surface area contributed by atoms with Gasteiger partial charge in [0.2, 0.25) is 0 Å². The van der Waals surface area contributed by atoms with Gasteiger partial charge in [0, 0.05) is 0 Å². The van der Waals surface area contributed by atoms with Gasteiger partial charge in [0.25, 0.3) is 0 Å². The molecule has 58 heavy (non-hydrogen) atoms. The minimum absolute atomic E-state index is 0.0522. The van der Waals surface area contributed by atoms with Crippen molar-refractivity contribution in [3.63, 3.8) is 0 Å². The lowest BCUT2D eigenvalue weighted by atomic mass is 9.70. The van der Waals surface area contributed by atoms with Crippen molar-refractivity contribution >= 4 is 5.97 Å². The molecular formula is C55H111NO2. The number of carbonyl (C=O) groups excluding carboxylic acids is 1. The zero-order valence-corrected chi connectivity index (χ0v) is 41.9. The fraction of sp³-hybridized carbons (Fsp3) is 0.982. The predicted octanol–water partition coefficient (Wildman–Crippen LogP) is 18.8. The topological polar surface area (TPSA) is 29.5 Å². The molecular weight excluding hydrogens is 707 g/mol. The zero-order valence-electron chi connectivity index (χ0n) is 41.9. The van der Waals surface area contributed by atoms with Gasteiger partial charge in [-0.1, -0.05) is 228 Å². The largest absolute Gasteiger partial charge is 0.462 e. The monoisotopic (exact) mass is 818 g/mol. The zero-order chi connectivity index (χ0) is 43.0. The van der Waals surface area contributed by atoms with Crippen molar-refractivity contribution in [1.29, 1.82) is 0 Å². The fourth-order valence-corrected chi connectivity index (χ4v) is 9.41. The normalized spacial score (nSPS) is 12.5. The summed E-state index contributed by atoms with van der Waals surface area (Å²) in [6, 6.07) is 0. The highest BCUT2D eigenvalue weighted by atomic mass is 16.5. The number of nitrogens with zero attached hydrogens (tertiary/aromatic N) is 1. The third kappa shape index (κ3) is 34.1. The fourth-order valence-electron chi connectivity index (χ4n) is 9.41. The third-order valence-electron chi connectivity index (χ3n) is 14.0. The standard InChI is InChI=1S/C55H111NO2/c1-10-15-19-23-27-35-43-51(44-36-28-24-20-16-11-2)54(6,7)47-39-31-33-41-49-56(14-5)50-42-34-32-40-48-55(8,9)53(57)58-52(45-37-29-25-21-17-12-3)46-38-30-26-22-18-13-4/h51-52H,10-50H2,1-9H3. The molecule has 0 unspecified atom stereocenters. The van der Waals surface area contributed by atoms with Gasteiger partial charge in [-0.05, 0) is 109 Å². The lowest BCUT2D eigenvalue weighted by molar-refractivity contribution is -0.161. The SMILES string of the molecule is CCCCCCCCC(CCCCCCCC)OC(=O)C(C)(C)CCCCCCN(CC)CCCCCCC(C)(C)C(CCCCCCCC)CCCCCCCC. The van der Waals surface area contributed by atoms with Crippen LogP contribution in [0.2, 0.25) is 0 Å². The summed E-state index contributed by atoms with van der Waals surface area (Å²) in [5.41, 5.74) is 0.106. The van der Waals surface area contributed by atoms with E-state index in [2.05, 4.69) is 67.2 Å². The van der Waals surface area contributed by atoms with E-state index in [1.807, 2.05) is 0 Å². The second-order valence-electron chi connectivity index (χ2n) is 20.6. The van der Waals surface area contributed by atoms with E-state index in [1.54, 1.807) is 0 Å². The van der Waals surface area contributed by atoms with E-state index in [0.717, 1.165) is 31.6 Å². The molecule has 0 aromatic carbocycles. The lowest BCUT2D eigenvalue weighted by Crippen LogP contribution is -2.31. The Balaban J connectivity index is 4.49. The van der Waals surface area contributed by atoms with Crippen LogP contribution in [0.1, 0.15) is 306 Å². The lowest BCUT2D eigenvalue weighted by Gasteiger charge is -2.35. The van der Waals surface area contributed by atoms with Gasteiger partial charge in [-0.15, -0.1) is 0 Å². The smallest absolute Gasteiger partial charge is 0.311 e. The van der Waals surface area contributed by atoms with Crippen molar-refractivity contribution in [2.45, 2.75) is 312 Å². The van der Waals surface area contributed by atoms with E-state index in [1.165, 1.54) is 238 Å². The molecule has 0 aromatic heterocycles. The summed E-state index contributed by atoms with van der Waals surface area (Å²) in [6.07, 6.45) is 50.6. The molecule has 3 nitrogen and oxygen atoms in total. The molecule has 0 bridgehead atoms. The number of hydrogen-bond acceptors (Lipinski definition) is 3. The Bertz CT molecular complexity index is 819. The van der Waals surface area contributed by atoms with Crippen molar-refractivity contribution in [2.24, 2.45) is 16.7 Å². The average Bonchev–Trinajstić information content (AvgIpc) is 3.20. The molecule has 0 spiro atoms. The van der Waals surface area contributed by atoms with Crippen molar-refractivity contribution in [3.8, 4) is 0 Å². The highest BCUT2D eigenvalue weighted by Gasteiger charge is 2.31. The molecule has 0 aliphatic heterocycles. The highest BCUT2D eigenvalue weighted by molar-refractivity contribution is 5.76. The Kier molecular flexibility index (Phi) is 40.1. The van der Waals surface area contributed by atoms with Crippen LogP contribution >= 0.6 is 0 Å². The van der Waals surface area contributed by atoms with Gasteiger partial charge in [0.15, 0.2) is 0 Å². The molecule has 0 N–H and O–H groups in total. The third-order valence-corrected chi connectivity index (χ3v) is 14.0. The van der Waals surface area contributed by atoms with Gasteiger partial charge in [0.1, 0.15) is 6.10 Å². The molecule has 3 heteroatoms. The Hall–Kier alpha value is -0.570. The van der Waals surface area contributed by atoms with Crippen LogP contribution in [-0.4, -0.2) is 36.6 Å². The Morgan fingerprint density at radius 3 is 1.14 bits per heavy atom. The molecule has 0 rings (SSSR count). The highest BCUT2D eigenvalue weighted by Crippen LogP contribution is 2.39. The maximum Gasteiger partial charge on any atom is 0.311 e. The van der Waals surface area contributed by atoms with Crippen molar-refractivity contribution in [1.82, 2.24) is 4.90 Å². The van der Waals surface area contributed by atoms with Crippen LogP contribution in [0.15, 0.2) is 0 Å². The number of hydrogen-bond donors (Lipinski definition) is 0. The number of ether oxygens (including phenoxy) is 1. The van der Waals surface area contributed by atoms with Gasteiger partial charge in [-0.2, -0.15) is 0 Å². The summed E-state index contributed by atoms with van der Waals surface area (Å²) in [6.45, 7) is 24.7. The summed E-state index contributed by atoms with van der Waals surface area (Å²) in [5.74, 6) is 0.962. The molecule has 0 saturated heterocycles. The van der Waals surface area contributed by atoms with Crippen molar-refractivity contribution in [3.05, 3.63) is 0 Å². The quantitative estimate of drug-likeness (QED) is 0.0453. The van der Waals surface area contributed by atoms with Gasteiger partial charge in [-0.3, -0.25) is 4.79 Å². The first kappa shape index (κ1) is 57.4. The summed E-state index contributed by atoms with van der Waals surface area (Å²) in [4.78, 5) is 16.1. The Labute approximate surface area is 367 Å². The maximum absolute atomic E-state index is 13.4. The van der Waals surface area contributed by atoms with Gasteiger partial charge in [0.05, 0.1) is 5.41 Å². The number of esters is 1. The molecule has 0 heterocycles. The molecule has 0 amide bonds. The Morgan fingerprint density at radius 1 is 0.414 bits per heavy atom. The average molecular weight is 818 g/mol. The van der Waals surface area contributed by atoms with Gasteiger partial charge < -0.3 is 9.64 Å². The second-order valence-corrected chi connectivity index (χ2v) is 20.6. The summed E-state index contributed by atoms with van der Waals surface area (Å²) in [5, 5.41) is 0. The minimum atomic E-state index is -0.381. The molecule has 0 aliphatic carbocycles. The van der Waals surface area contributed by atoms with Gasteiger partial charge >= 0.3 is 5.97 Å². The van der Waals surface area contributed by atoms with Crippen LogP contribution in [-0.2, 0) is 9.53 Å². The van der Waals surface area contributed by atoms with E-state index in [0.29, 0.717) is 5.41 Å². The molecule has 0 aromatic rings. The molecule has 0 atom stereocenters. The van der Waals surface area contributed by atoms with Crippen LogP contribution in [0, 0.1) is 16.7 Å². The Morgan fingerprint density at radius 2 is 0.741 bits per heavy atom. The van der Waals surface area contributed by atoms with Crippen LogP contribution < -0.4 is 0 Å². The van der Waals surface area contributed by atoms with E-state index in [4.69, 9.17) is 4.74 Å². The molecule has 0 aliphatic rings. The van der Waals surface area contributed by atoms with E-state index >= 15 is 0 Å². The van der Waals surface area contributed by atoms with E-state index in [-0.39, 0.29) is 17.5 Å². The van der Waals surface area contributed by atoms with E-state index in [9.17, 15) is 4.79 Å². The first-order valence-electron chi connectivity index (χ1n) is 27.0. The first-order valence-corrected chi connectivity index (χ1v) is 27.0. The minimum Gasteiger partial charge on any atom is -0.462 e. The molecule has 348 valence electrons. The van der Waals surface area contributed by atoms with Crippen molar-refractivity contribution < 1.29 is 9.53 Å². The summed E-state index contributed by atoms with van der Waals surface area (Å²) in [7, 11) is 0. The van der Waals surface area contributed by atoms with Crippen LogP contribution in [0.5, 0.6) is 0 Å². The van der Waals surface area contributed by atoms with Crippen LogP contribution in [0.4, 0.5) is 0 Å². The summed E-state index contributed by atoms with van der Waals surface area (Å²) >= 11 is 0. The summed E-state index contributed by atoms with van der Waals surface area (Å²) < 4.78 is 6.29. The number of rotatable bonds is 46. The molecule has 0 fully saturated rings. The van der Waals surface area contributed by atoms with Gasteiger partial charge in [-0.25, -0.2) is 0 Å². The first-order chi connectivity index (χ1) is 28.1. The number of unbranched alkanes of at least 4 members (excludes halogenated alkanes) is 26. The van der Waals surface area contributed by atoms with E-state index < -0.39 is 0 Å². The van der Waals surface area contributed by atoms with Crippen molar-refractivity contribution in [2.75, 3.05) is 19.6 Å².